The third-order valence-electron chi connectivity index (χ3n) is 3.24. The summed E-state index contributed by atoms with van der Waals surface area (Å²) in [6.45, 7) is 7.19. The van der Waals surface area contributed by atoms with Crippen molar-refractivity contribution in [3.8, 4) is 0 Å². The van der Waals surface area contributed by atoms with Gasteiger partial charge in [0, 0.05) is 24.8 Å². The summed E-state index contributed by atoms with van der Waals surface area (Å²) in [5.41, 5.74) is 1.74. The average Bonchev–Trinajstić information content (AvgIpc) is 2.92. The smallest absolute Gasteiger partial charge is 0.156 e. The van der Waals surface area contributed by atoms with Gasteiger partial charge in [-0.1, -0.05) is 18.1 Å². The van der Waals surface area contributed by atoms with Crippen LogP contribution in [0.5, 0.6) is 0 Å². The number of hydrogen-bond donors (Lipinski definition) is 1. The number of rotatable bonds is 8. The molecular formula is C16H22FN3O. The molecule has 21 heavy (non-hydrogen) atoms. The van der Waals surface area contributed by atoms with E-state index < -0.39 is 0 Å². The van der Waals surface area contributed by atoms with Crippen molar-refractivity contribution >= 4 is 5.69 Å². The first-order chi connectivity index (χ1) is 10.2. The molecule has 114 valence electrons. The van der Waals surface area contributed by atoms with Crippen LogP contribution in [0.1, 0.15) is 31.7 Å². The van der Waals surface area contributed by atoms with Gasteiger partial charge in [0.25, 0.3) is 0 Å². The Morgan fingerprint density at radius 1 is 1.29 bits per heavy atom. The highest BCUT2D eigenvalue weighted by Crippen LogP contribution is 2.18. The maximum atomic E-state index is 13.3. The number of anilines is 1. The molecule has 0 aliphatic carbocycles. The van der Waals surface area contributed by atoms with Crippen LogP contribution in [0.4, 0.5) is 10.1 Å². The Morgan fingerprint density at radius 2 is 2.14 bits per heavy atom. The molecule has 0 aliphatic rings. The van der Waals surface area contributed by atoms with Gasteiger partial charge in [-0.15, -0.1) is 0 Å². The SMILES string of the molecule is CCCNCc1cc(CN(CC)c2cccc(F)c2)on1. The van der Waals surface area contributed by atoms with Crippen molar-refractivity contribution in [1.29, 1.82) is 0 Å². The minimum absolute atomic E-state index is 0.229. The highest BCUT2D eigenvalue weighted by molar-refractivity contribution is 5.46. The van der Waals surface area contributed by atoms with Crippen LogP contribution in [0, 0.1) is 5.82 Å². The number of halogens is 1. The van der Waals surface area contributed by atoms with Gasteiger partial charge in [0.1, 0.15) is 5.82 Å². The Balaban J connectivity index is 1.98. The standard InChI is InChI=1S/C16H22FN3O/c1-3-8-18-11-14-10-16(21-19-14)12-20(4-2)15-7-5-6-13(17)9-15/h5-7,9-10,18H,3-4,8,11-12H2,1-2H3. The molecule has 0 saturated carbocycles. The fraction of sp³-hybridized carbons (Fsp3) is 0.438. The molecule has 1 N–H and O–H groups in total. The molecule has 2 aromatic rings. The lowest BCUT2D eigenvalue weighted by atomic mass is 10.2. The van der Waals surface area contributed by atoms with E-state index in [0.29, 0.717) is 13.1 Å². The van der Waals surface area contributed by atoms with Crippen LogP contribution in [0.25, 0.3) is 0 Å². The first-order valence-electron chi connectivity index (χ1n) is 7.38. The molecule has 0 aliphatic heterocycles. The molecule has 4 nitrogen and oxygen atoms in total. The van der Waals surface area contributed by atoms with E-state index in [0.717, 1.165) is 36.7 Å². The molecule has 0 amide bonds. The van der Waals surface area contributed by atoms with Gasteiger partial charge in [-0.3, -0.25) is 0 Å². The quantitative estimate of drug-likeness (QED) is 0.757. The molecular weight excluding hydrogens is 269 g/mol. The van der Waals surface area contributed by atoms with Gasteiger partial charge in [0.2, 0.25) is 0 Å². The third-order valence-corrected chi connectivity index (χ3v) is 3.24. The third kappa shape index (κ3) is 4.56. The molecule has 1 heterocycles. The van der Waals surface area contributed by atoms with Gasteiger partial charge in [-0.25, -0.2) is 4.39 Å². The molecule has 0 radical (unpaired) electrons. The van der Waals surface area contributed by atoms with Gasteiger partial charge in [-0.2, -0.15) is 0 Å². The summed E-state index contributed by atoms with van der Waals surface area (Å²) in [5.74, 6) is 0.558. The molecule has 1 aromatic carbocycles. The van der Waals surface area contributed by atoms with Crippen molar-refractivity contribution in [2.75, 3.05) is 18.0 Å². The lowest BCUT2D eigenvalue weighted by Crippen LogP contribution is -2.21. The van der Waals surface area contributed by atoms with Crippen LogP contribution in [-0.4, -0.2) is 18.2 Å². The molecule has 1 aromatic heterocycles. The van der Waals surface area contributed by atoms with E-state index in [1.807, 2.05) is 24.0 Å². The van der Waals surface area contributed by atoms with Crippen molar-refractivity contribution in [3.63, 3.8) is 0 Å². The predicted octanol–water partition coefficient (Wildman–Crippen LogP) is 3.34. The minimum atomic E-state index is -0.229. The molecule has 2 rings (SSSR count). The summed E-state index contributed by atoms with van der Waals surface area (Å²) >= 11 is 0. The first-order valence-corrected chi connectivity index (χ1v) is 7.38. The monoisotopic (exact) mass is 291 g/mol. The lowest BCUT2D eigenvalue weighted by molar-refractivity contribution is 0.373. The molecule has 0 bridgehead atoms. The van der Waals surface area contributed by atoms with Crippen molar-refractivity contribution in [2.24, 2.45) is 0 Å². The van der Waals surface area contributed by atoms with Gasteiger partial charge in [0.05, 0.1) is 12.2 Å². The van der Waals surface area contributed by atoms with E-state index in [-0.39, 0.29) is 5.82 Å². The van der Waals surface area contributed by atoms with Gasteiger partial charge < -0.3 is 14.7 Å². The Bertz CT molecular complexity index is 556. The fourth-order valence-electron chi connectivity index (χ4n) is 2.15. The van der Waals surface area contributed by atoms with E-state index in [2.05, 4.69) is 17.4 Å². The van der Waals surface area contributed by atoms with Crippen LogP contribution in [0.3, 0.4) is 0 Å². The van der Waals surface area contributed by atoms with Crippen molar-refractivity contribution in [1.82, 2.24) is 10.5 Å². The summed E-state index contributed by atoms with van der Waals surface area (Å²) in [6.07, 6.45) is 1.09. The molecule has 5 heteroatoms. The highest BCUT2D eigenvalue weighted by atomic mass is 19.1. The fourth-order valence-corrected chi connectivity index (χ4v) is 2.15. The lowest BCUT2D eigenvalue weighted by Gasteiger charge is -2.21. The number of aromatic nitrogens is 1. The largest absolute Gasteiger partial charge is 0.364 e. The predicted molar refractivity (Wildman–Crippen MR) is 81.6 cm³/mol. The minimum Gasteiger partial charge on any atom is -0.364 e. The Morgan fingerprint density at radius 3 is 2.86 bits per heavy atom. The molecule has 0 saturated heterocycles. The molecule has 0 unspecified atom stereocenters. The summed E-state index contributed by atoms with van der Waals surface area (Å²) in [4.78, 5) is 2.05. The van der Waals surface area contributed by atoms with Gasteiger partial charge >= 0.3 is 0 Å². The van der Waals surface area contributed by atoms with E-state index in [1.54, 1.807) is 6.07 Å². The van der Waals surface area contributed by atoms with Crippen LogP contribution < -0.4 is 10.2 Å². The zero-order valence-electron chi connectivity index (χ0n) is 12.6. The summed E-state index contributed by atoms with van der Waals surface area (Å²) < 4.78 is 18.7. The van der Waals surface area contributed by atoms with Crippen LogP contribution in [0.2, 0.25) is 0 Å². The number of hydrogen-bond acceptors (Lipinski definition) is 4. The number of benzene rings is 1. The van der Waals surface area contributed by atoms with E-state index >= 15 is 0 Å². The Labute approximate surface area is 124 Å². The molecule has 0 fully saturated rings. The Kier molecular flexibility index (Phi) is 5.75. The summed E-state index contributed by atoms with van der Waals surface area (Å²) in [6, 6.07) is 8.54. The zero-order chi connectivity index (χ0) is 15.1. The second-order valence-corrected chi connectivity index (χ2v) is 4.96. The molecule has 0 spiro atoms. The second-order valence-electron chi connectivity index (χ2n) is 4.96. The zero-order valence-corrected chi connectivity index (χ0v) is 12.6. The van der Waals surface area contributed by atoms with E-state index in [9.17, 15) is 4.39 Å². The Hall–Kier alpha value is -1.88. The van der Waals surface area contributed by atoms with E-state index in [1.165, 1.54) is 12.1 Å². The summed E-state index contributed by atoms with van der Waals surface area (Å²) in [7, 11) is 0. The van der Waals surface area contributed by atoms with Crippen LogP contribution in [-0.2, 0) is 13.1 Å². The average molecular weight is 291 g/mol. The maximum absolute atomic E-state index is 13.3. The number of nitrogens with zero attached hydrogens (tertiary/aromatic N) is 2. The maximum Gasteiger partial charge on any atom is 0.156 e. The van der Waals surface area contributed by atoms with Gasteiger partial charge in [-0.05, 0) is 38.1 Å². The van der Waals surface area contributed by atoms with E-state index in [4.69, 9.17) is 4.52 Å². The number of nitrogens with one attached hydrogen (secondary N) is 1. The first kappa shape index (κ1) is 15.5. The molecule has 0 atom stereocenters. The second kappa shape index (κ2) is 7.78. The van der Waals surface area contributed by atoms with Crippen LogP contribution >= 0.6 is 0 Å². The highest BCUT2D eigenvalue weighted by Gasteiger charge is 2.10. The van der Waals surface area contributed by atoms with Crippen LogP contribution in [0.15, 0.2) is 34.9 Å². The van der Waals surface area contributed by atoms with Crippen molar-refractivity contribution in [3.05, 3.63) is 47.6 Å². The van der Waals surface area contributed by atoms with Crippen molar-refractivity contribution < 1.29 is 8.91 Å². The van der Waals surface area contributed by atoms with Gasteiger partial charge in [0.15, 0.2) is 5.76 Å². The van der Waals surface area contributed by atoms with Crippen molar-refractivity contribution in [2.45, 2.75) is 33.4 Å². The summed E-state index contributed by atoms with van der Waals surface area (Å²) in [5, 5.41) is 7.33. The topological polar surface area (TPSA) is 41.3 Å². The normalized spacial score (nSPS) is 10.8.